The predicted octanol–water partition coefficient (Wildman–Crippen LogP) is 6.96. The third kappa shape index (κ3) is 3.96. The van der Waals surface area contributed by atoms with Crippen LogP contribution in [0.4, 0.5) is 13.2 Å². The zero-order valence-corrected chi connectivity index (χ0v) is 19.1. The molecule has 2 aliphatic rings. The van der Waals surface area contributed by atoms with Crippen molar-refractivity contribution in [2.75, 3.05) is 13.7 Å². The highest BCUT2D eigenvalue weighted by Gasteiger charge is 2.38. The van der Waals surface area contributed by atoms with E-state index in [1.807, 2.05) is 42.5 Å². The fraction of sp³-hybridized carbons (Fsp3) is 0.222. The van der Waals surface area contributed by atoms with Gasteiger partial charge < -0.3 is 9.64 Å². The Bertz CT molecular complexity index is 1280. The second-order valence-corrected chi connectivity index (χ2v) is 8.92. The number of halogens is 4. The molecule has 5 rings (SSSR count). The van der Waals surface area contributed by atoms with Crippen LogP contribution in [0.2, 0.25) is 5.02 Å². The van der Waals surface area contributed by atoms with E-state index in [9.17, 15) is 18.0 Å². The Morgan fingerprint density at radius 3 is 2.38 bits per heavy atom. The molecule has 0 aromatic heterocycles. The van der Waals surface area contributed by atoms with Crippen LogP contribution in [-0.2, 0) is 12.6 Å². The van der Waals surface area contributed by atoms with Crippen molar-refractivity contribution in [1.29, 1.82) is 0 Å². The second kappa shape index (κ2) is 8.51. The van der Waals surface area contributed by atoms with E-state index >= 15 is 0 Å². The highest BCUT2D eigenvalue weighted by molar-refractivity contribution is 6.30. The van der Waals surface area contributed by atoms with Gasteiger partial charge in [-0.3, -0.25) is 4.79 Å². The molecule has 3 nitrogen and oxygen atoms in total. The maximum Gasteiger partial charge on any atom is 0.416 e. The number of fused-ring (bicyclic) bond motifs is 2. The number of benzene rings is 3. The smallest absolute Gasteiger partial charge is 0.416 e. The largest absolute Gasteiger partial charge is 0.497 e. The summed E-state index contributed by atoms with van der Waals surface area (Å²) in [4.78, 5) is 15.3. The van der Waals surface area contributed by atoms with Crippen LogP contribution in [-0.4, -0.2) is 24.5 Å². The standard InChI is InChI=1S/C27H21ClF3NO2/c1-34-21-10-5-16(6-11-21)25-24-14-18-4-9-20(28)15-23(18)22(24)12-13-32(25)26(33)17-2-7-19(8-3-17)27(29,30)31/h2-11,15,25H,12-14H2,1H3. The Balaban J connectivity index is 1.55. The van der Waals surface area contributed by atoms with Crippen LogP contribution in [0.3, 0.4) is 0 Å². The molecule has 0 radical (unpaired) electrons. The third-order valence-electron chi connectivity index (χ3n) is 6.56. The molecule has 34 heavy (non-hydrogen) atoms. The van der Waals surface area contributed by atoms with Gasteiger partial charge in [-0.05, 0) is 89.2 Å². The SMILES string of the molecule is COc1ccc(C2C3=C(CCN2C(=O)c2ccc(C(F)(F)F)cc2)c2cc(Cl)ccc2C3)cc1. The molecule has 1 heterocycles. The molecule has 0 spiro atoms. The molecule has 0 bridgehead atoms. The summed E-state index contributed by atoms with van der Waals surface area (Å²) in [5.74, 6) is 0.408. The zero-order valence-electron chi connectivity index (χ0n) is 18.3. The predicted molar refractivity (Wildman–Crippen MR) is 125 cm³/mol. The van der Waals surface area contributed by atoms with E-state index in [0.29, 0.717) is 30.2 Å². The van der Waals surface area contributed by atoms with Gasteiger partial charge in [-0.1, -0.05) is 29.8 Å². The number of carbonyl (C=O) groups excluding carboxylic acids is 1. The molecule has 0 N–H and O–H groups in total. The first-order valence-electron chi connectivity index (χ1n) is 10.9. The van der Waals surface area contributed by atoms with E-state index < -0.39 is 11.7 Å². The Kier molecular flexibility index (Phi) is 5.64. The molecule has 3 aromatic carbocycles. The van der Waals surface area contributed by atoms with Gasteiger partial charge in [0.2, 0.25) is 0 Å². The van der Waals surface area contributed by atoms with Crippen LogP contribution >= 0.6 is 11.6 Å². The zero-order chi connectivity index (χ0) is 24.0. The van der Waals surface area contributed by atoms with Crippen molar-refractivity contribution in [3.8, 4) is 5.75 Å². The monoisotopic (exact) mass is 483 g/mol. The lowest BCUT2D eigenvalue weighted by Crippen LogP contribution is -2.39. The van der Waals surface area contributed by atoms with Crippen LogP contribution < -0.4 is 4.74 Å². The minimum atomic E-state index is -4.45. The average Bonchev–Trinajstić information content (AvgIpc) is 3.20. The van der Waals surface area contributed by atoms with Crippen LogP contribution in [0.15, 0.2) is 72.3 Å². The number of alkyl halides is 3. The number of ether oxygens (including phenoxy) is 1. The maximum absolute atomic E-state index is 13.6. The highest BCUT2D eigenvalue weighted by Crippen LogP contribution is 2.47. The minimum Gasteiger partial charge on any atom is -0.497 e. The summed E-state index contributed by atoms with van der Waals surface area (Å²) in [5, 5.41) is 0.664. The summed E-state index contributed by atoms with van der Waals surface area (Å²) in [5.41, 5.74) is 4.96. The summed E-state index contributed by atoms with van der Waals surface area (Å²) >= 11 is 6.26. The average molecular weight is 484 g/mol. The molecule has 174 valence electrons. The quantitative estimate of drug-likeness (QED) is 0.403. The Morgan fingerprint density at radius 1 is 1.03 bits per heavy atom. The Morgan fingerprint density at radius 2 is 1.74 bits per heavy atom. The van der Waals surface area contributed by atoms with Crippen molar-refractivity contribution in [2.24, 2.45) is 0 Å². The summed E-state index contributed by atoms with van der Waals surface area (Å²) in [6.45, 7) is 0.446. The summed E-state index contributed by atoms with van der Waals surface area (Å²) in [6, 6.07) is 17.5. The molecule has 1 unspecified atom stereocenters. The first-order chi connectivity index (χ1) is 16.3. The first kappa shape index (κ1) is 22.5. The van der Waals surface area contributed by atoms with E-state index in [1.54, 1.807) is 12.0 Å². The Hall–Kier alpha value is -3.25. The second-order valence-electron chi connectivity index (χ2n) is 8.48. The lowest BCUT2D eigenvalue weighted by atomic mass is 9.87. The molecule has 1 aliphatic carbocycles. The van der Waals surface area contributed by atoms with Gasteiger partial charge in [-0.2, -0.15) is 13.2 Å². The fourth-order valence-corrected chi connectivity index (χ4v) is 5.10. The van der Waals surface area contributed by atoms with Gasteiger partial charge in [0.1, 0.15) is 5.75 Å². The summed E-state index contributed by atoms with van der Waals surface area (Å²) < 4.78 is 44.3. The van der Waals surface area contributed by atoms with E-state index in [1.165, 1.54) is 17.7 Å². The van der Waals surface area contributed by atoms with Crippen molar-refractivity contribution in [3.05, 3.63) is 105 Å². The van der Waals surface area contributed by atoms with Gasteiger partial charge in [0.15, 0.2) is 0 Å². The molecule has 1 atom stereocenters. The number of methoxy groups -OCH3 is 1. The number of rotatable bonds is 3. The van der Waals surface area contributed by atoms with Crippen LogP contribution in [0, 0.1) is 0 Å². The molecule has 1 aliphatic heterocycles. The normalized spacial score (nSPS) is 17.4. The number of amides is 1. The molecular weight excluding hydrogens is 463 g/mol. The van der Waals surface area contributed by atoms with Crippen LogP contribution in [0.25, 0.3) is 5.57 Å². The molecule has 0 saturated heterocycles. The number of hydrogen-bond acceptors (Lipinski definition) is 2. The summed E-state index contributed by atoms with van der Waals surface area (Å²) in [6.07, 6.45) is -3.11. The lowest BCUT2D eigenvalue weighted by Gasteiger charge is -2.38. The first-order valence-corrected chi connectivity index (χ1v) is 11.3. The van der Waals surface area contributed by atoms with E-state index in [2.05, 4.69) is 0 Å². The number of carbonyl (C=O) groups is 1. The maximum atomic E-state index is 13.6. The molecule has 0 fully saturated rings. The highest BCUT2D eigenvalue weighted by atomic mass is 35.5. The van der Waals surface area contributed by atoms with Gasteiger partial charge in [-0.15, -0.1) is 0 Å². The van der Waals surface area contributed by atoms with Gasteiger partial charge in [0.05, 0.1) is 18.7 Å². The van der Waals surface area contributed by atoms with Crippen molar-refractivity contribution < 1.29 is 22.7 Å². The molecule has 0 saturated carbocycles. The molecular formula is C27H21ClF3NO2. The van der Waals surface area contributed by atoms with E-state index in [0.717, 1.165) is 34.4 Å². The molecule has 1 amide bonds. The fourth-order valence-electron chi connectivity index (χ4n) is 4.93. The van der Waals surface area contributed by atoms with Crippen molar-refractivity contribution in [1.82, 2.24) is 4.90 Å². The van der Waals surface area contributed by atoms with E-state index in [-0.39, 0.29) is 17.5 Å². The van der Waals surface area contributed by atoms with Crippen LogP contribution in [0.1, 0.15) is 45.1 Å². The van der Waals surface area contributed by atoms with Crippen molar-refractivity contribution >= 4 is 23.1 Å². The topological polar surface area (TPSA) is 29.5 Å². The van der Waals surface area contributed by atoms with Gasteiger partial charge in [0, 0.05) is 17.1 Å². The summed E-state index contributed by atoms with van der Waals surface area (Å²) in [7, 11) is 1.59. The number of nitrogens with zero attached hydrogens (tertiary/aromatic N) is 1. The van der Waals surface area contributed by atoms with Gasteiger partial charge >= 0.3 is 6.18 Å². The van der Waals surface area contributed by atoms with E-state index in [4.69, 9.17) is 16.3 Å². The molecule has 3 aromatic rings. The third-order valence-corrected chi connectivity index (χ3v) is 6.80. The van der Waals surface area contributed by atoms with Gasteiger partial charge in [-0.25, -0.2) is 0 Å². The van der Waals surface area contributed by atoms with Crippen LogP contribution in [0.5, 0.6) is 5.75 Å². The minimum absolute atomic E-state index is 0.231. The van der Waals surface area contributed by atoms with Gasteiger partial charge in [0.25, 0.3) is 5.91 Å². The number of hydrogen-bond donors (Lipinski definition) is 0. The lowest BCUT2D eigenvalue weighted by molar-refractivity contribution is -0.137. The van der Waals surface area contributed by atoms with Crippen molar-refractivity contribution in [3.63, 3.8) is 0 Å². The van der Waals surface area contributed by atoms with Crippen molar-refractivity contribution in [2.45, 2.75) is 25.1 Å². The Labute approximate surface area is 200 Å². The molecule has 7 heteroatoms.